The van der Waals surface area contributed by atoms with Crippen molar-refractivity contribution in [3.8, 4) is 0 Å². The van der Waals surface area contributed by atoms with E-state index in [9.17, 15) is 13.2 Å². The summed E-state index contributed by atoms with van der Waals surface area (Å²) in [6, 6.07) is 13.8. The lowest BCUT2D eigenvalue weighted by Gasteiger charge is -2.32. The molecule has 1 N–H and O–H groups in total. The minimum absolute atomic E-state index is 0.0287. The molecule has 1 unspecified atom stereocenters. The van der Waals surface area contributed by atoms with Gasteiger partial charge in [-0.15, -0.1) is 0 Å². The van der Waals surface area contributed by atoms with Crippen molar-refractivity contribution >= 4 is 42.6 Å². The summed E-state index contributed by atoms with van der Waals surface area (Å²) in [6.07, 6.45) is 2.76. The summed E-state index contributed by atoms with van der Waals surface area (Å²) < 4.78 is 28.6. The number of piperidine rings is 1. The molecular formula is C20H21N3O3S2. The van der Waals surface area contributed by atoms with E-state index >= 15 is 0 Å². The number of rotatable bonds is 4. The monoisotopic (exact) mass is 415 g/mol. The van der Waals surface area contributed by atoms with Crippen LogP contribution in [0.25, 0.3) is 10.2 Å². The first-order valence-electron chi connectivity index (χ1n) is 9.24. The number of anilines is 1. The van der Waals surface area contributed by atoms with Gasteiger partial charge in [-0.1, -0.05) is 36.0 Å². The fraction of sp³-hybridized carbons (Fsp3) is 0.300. The third-order valence-corrected chi connectivity index (χ3v) is 7.92. The van der Waals surface area contributed by atoms with Crippen LogP contribution in [-0.2, 0) is 10.0 Å². The zero-order chi connectivity index (χ0) is 19.7. The summed E-state index contributed by atoms with van der Waals surface area (Å²) in [6.45, 7) is 2.45. The van der Waals surface area contributed by atoms with Crippen molar-refractivity contribution in [1.82, 2.24) is 9.29 Å². The van der Waals surface area contributed by atoms with Gasteiger partial charge in [0.15, 0.2) is 5.13 Å². The number of hydrogen-bond acceptors (Lipinski definition) is 5. The Morgan fingerprint density at radius 2 is 2.00 bits per heavy atom. The second-order valence-electron chi connectivity index (χ2n) is 6.93. The fourth-order valence-corrected chi connectivity index (χ4v) is 6.06. The molecule has 2 heterocycles. The first kappa shape index (κ1) is 19.0. The second kappa shape index (κ2) is 7.62. The van der Waals surface area contributed by atoms with E-state index in [1.807, 2.05) is 31.2 Å². The van der Waals surface area contributed by atoms with E-state index in [0.29, 0.717) is 17.2 Å². The van der Waals surface area contributed by atoms with Gasteiger partial charge in [-0.25, -0.2) is 13.4 Å². The average molecular weight is 416 g/mol. The smallest absolute Gasteiger partial charge is 0.257 e. The molecule has 1 saturated heterocycles. The van der Waals surface area contributed by atoms with Crippen LogP contribution >= 0.6 is 11.3 Å². The van der Waals surface area contributed by atoms with E-state index in [0.717, 1.165) is 29.5 Å². The normalized spacial score (nSPS) is 18.2. The van der Waals surface area contributed by atoms with Gasteiger partial charge in [0.2, 0.25) is 10.0 Å². The van der Waals surface area contributed by atoms with Gasteiger partial charge in [0.1, 0.15) is 0 Å². The number of fused-ring (bicyclic) bond motifs is 1. The van der Waals surface area contributed by atoms with E-state index < -0.39 is 10.0 Å². The van der Waals surface area contributed by atoms with Crippen molar-refractivity contribution in [1.29, 1.82) is 0 Å². The predicted octanol–water partition coefficient (Wildman–Crippen LogP) is 4.11. The molecule has 1 fully saturated rings. The average Bonchev–Trinajstić information content (AvgIpc) is 3.10. The molecule has 28 heavy (non-hydrogen) atoms. The molecule has 6 nitrogen and oxygen atoms in total. The number of nitrogens with one attached hydrogen (secondary N) is 1. The molecule has 0 saturated carbocycles. The van der Waals surface area contributed by atoms with Gasteiger partial charge in [-0.05, 0) is 50.1 Å². The number of aromatic nitrogens is 1. The molecule has 0 aliphatic carbocycles. The number of amides is 1. The molecule has 1 atom stereocenters. The Hall–Kier alpha value is -2.29. The minimum Gasteiger partial charge on any atom is -0.298 e. The molecule has 0 bridgehead atoms. The van der Waals surface area contributed by atoms with Crippen LogP contribution in [-0.4, -0.2) is 36.2 Å². The molecule has 2 aromatic carbocycles. The van der Waals surface area contributed by atoms with Crippen LogP contribution in [0.4, 0.5) is 5.13 Å². The maximum atomic E-state index is 13.0. The van der Waals surface area contributed by atoms with E-state index in [1.54, 1.807) is 22.5 Å². The summed E-state index contributed by atoms with van der Waals surface area (Å²) in [5.41, 5.74) is 1.11. The molecule has 1 amide bonds. The van der Waals surface area contributed by atoms with E-state index in [2.05, 4.69) is 10.3 Å². The summed E-state index contributed by atoms with van der Waals surface area (Å²) in [7, 11) is -3.62. The summed E-state index contributed by atoms with van der Waals surface area (Å²) in [5.74, 6) is -0.372. The van der Waals surface area contributed by atoms with Crippen molar-refractivity contribution in [3.05, 3.63) is 54.1 Å². The van der Waals surface area contributed by atoms with Crippen LogP contribution in [0.15, 0.2) is 53.4 Å². The summed E-state index contributed by atoms with van der Waals surface area (Å²) in [5, 5.41) is 3.26. The van der Waals surface area contributed by atoms with Crippen molar-refractivity contribution in [2.75, 3.05) is 11.9 Å². The fourth-order valence-electron chi connectivity index (χ4n) is 3.46. The van der Waals surface area contributed by atoms with Gasteiger partial charge >= 0.3 is 0 Å². The van der Waals surface area contributed by atoms with Crippen LogP contribution in [0.2, 0.25) is 0 Å². The lowest BCUT2D eigenvalue weighted by Crippen LogP contribution is -2.41. The highest BCUT2D eigenvalue weighted by Gasteiger charge is 2.31. The van der Waals surface area contributed by atoms with Gasteiger partial charge in [0.05, 0.1) is 15.1 Å². The first-order chi connectivity index (χ1) is 13.4. The molecule has 3 aromatic rings. The van der Waals surface area contributed by atoms with Crippen molar-refractivity contribution < 1.29 is 13.2 Å². The highest BCUT2D eigenvalue weighted by molar-refractivity contribution is 7.89. The van der Waals surface area contributed by atoms with Crippen LogP contribution in [0.5, 0.6) is 0 Å². The number of thiazole rings is 1. The number of carbonyl (C=O) groups excluding carboxylic acids is 1. The molecule has 4 rings (SSSR count). The second-order valence-corrected chi connectivity index (χ2v) is 9.85. The van der Waals surface area contributed by atoms with E-state index in [1.165, 1.54) is 17.4 Å². The minimum atomic E-state index is -3.62. The van der Waals surface area contributed by atoms with E-state index in [-0.39, 0.29) is 16.8 Å². The van der Waals surface area contributed by atoms with Gasteiger partial charge in [-0.3, -0.25) is 10.1 Å². The van der Waals surface area contributed by atoms with Crippen molar-refractivity contribution in [3.63, 3.8) is 0 Å². The molecule has 1 aromatic heterocycles. The van der Waals surface area contributed by atoms with E-state index in [4.69, 9.17) is 0 Å². The maximum Gasteiger partial charge on any atom is 0.257 e. The van der Waals surface area contributed by atoms with Crippen LogP contribution in [0.3, 0.4) is 0 Å². The van der Waals surface area contributed by atoms with Gasteiger partial charge < -0.3 is 0 Å². The molecule has 146 valence electrons. The zero-order valence-electron chi connectivity index (χ0n) is 15.5. The first-order valence-corrected chi connectivity index (χ1v) is 11.5. The third-order valence-electron chi connectivity index (χ3n) is 4.96. The van der Waals surface area contributed by atoms with Gasteiger partial charge in [-0.2, -0.15) is 4.31 Å². The Morgan fingerprint density at radius 3 is 2.79 bits per heavy atom. The van der Waals surface area contributed by atoms with Crippen LogP contribution in [0.1, 0.15) is 36.5 Å². The molecular weight excluding hydrogens is 394 g/mol. The largest absolute Gasteiger partial charge is 0.298 e. The maximum absolute atomic E-state index is 13.0. The van der Waals surface area contributed by atoms with Crippen molar-refractivity contribution in [2.45, 2.75) is 37.1 Å². The molecule has 8 heteroatoms. The number of para-hydroxylation sites is 1. The molecule has 0 radical (unpaired) electrons. The number of benzene rings is 2. The molecule has 1 aliphatic heterocycles. The highest BCUT2D eigenvalue weighted by Crippen LogP contribution is 2.27. The molecule has 1 aliphatic rings. The number of sulfonamides is 1. The predicted molar refractivity (Wildman–Crippen MR) is 111 cm³/mol. The Kier molecular flexibility index (Phi) is 5.18. The number of nitrogens with zero attached hydrogens (tertiary/aromatic N) is 2. The lowest BCUT2D eigenvalue weighted by molar-refractivity contribution is 0.102. The van der Waals surface area contributed by atoms with Gasteiger partial charge in [0.25, 0.3) is 5.91 Å². The topological polar surface area (TPSA) is 79.4 Å². The Labute approximate surface area is 168 Å². The third kappa shape index (κ3) is 3.67. The summed E-state index contributed by atoms with van der Waals surface area (Å²) >= 11 is 1.38. The standard InChI is InChI=1S/C20H21N3O3S2/c1-14-7-4-5-12-23(14)28(25,26)16-9-6-8-15(13-16)19(24)22-20-21-17-10-2-3-11-18(17)27-20/h2-3,6,8-11,13-14H,4-5,7,12H2,1H3,(H,21,22,24). The number of carbonyl (C=O) groups is 1. The Bertz CT molecular complexity index is 1090. The van der Waals surface area contributed by atoms with Crippen molar-refractivity contribution in [2.24, 2.45) is 0 Å². The van der Waals surface area contributed by atoms with Crippen LogP contribution < -0.4 is 5.32 Å². The Morgan fingerprint density at radius 1 is 1.18 bits per heavy atom. The Balaban J connectivity index is 1.58. The van der Waals surface area contributed by atoms with Gasteiger partial charge in [0, 0.05) is 18.2 Å². The quantitative estimate of drug-likeness (QED) is 0.695. The molecule has 0 spiro atoms. The zero-order valence-corrected chi connectivity index (χ0v) is 17.1. The summed E-state index contributed by atoms with van der Waals surface area (Å²) in [4.78, 5) is 17.2. The SMILES string of the molecule is CC1CCCCN1S(=O)(=O)c1cccc(C(=O)Nc2nc3ccccc3s2)c1. The van der Waals surface area contributed by atoms with Crippen LogP contribution in [0, 0.1) is 0 Å². The highest BCUT2D eigenvalue weighted by atomic mass is 32.2. The number of hydrogen-bond donors (Lipinski definition) is 1. The lowest BCUT2D eigenvalue weighted by atomic mass is 10.1.